The largest absolute Gasteiger partial charge is 0.456 e. The maximum Gasteiger partial charge on any atom is 0.137 e. The zero-order valence-corrected chi connectivity index (χ0v) is 24.9. The zero-order valence-electron chi connectivity index (χ0n) is 24.1. The van der Waals surface area contributed by atoms with Gasteiger partial charge in [-0.05, 0) is 70.4 Å². The molecule has 0 spiro atoms. The van der Waals surface area contributed by atoms with E-state index in [0.717, 1.165) is 43.7 Å². The molecule has 45 heavy (non-hydrogen) atoms. The molecule has 0 bridgehead atoms. The third kappa shape index (κ3) is 3.73. The number of benzene rings is 7. The highest BCUT2D eigenvalue weighted by atomic mass is 32.1. The van der Waals surface area contributed by atoms with Gasteiger partial charge in [0.05, 0.1) is 21.3 Å². The summed E-state index contributed by atoms with van der Waals surface area (Å²) in [7, 11) is 0. The topological polar surface area (TPSA) is 31.0 Å². The lowest BCUT2D eigenvalue weighted by Crippen LogP contribution is -1.93. The molecule has 10 aromatic rings. The maximum absolute atomic E-state index is 6.11. The SMILES string of the molecule is c1ccc2cc3c(cc2c1)c1ccccc1n3-c1ccc(-c2ccc(-c3nc4ccc5oc6ccccc6c5c4s3)cc2)cc1. The first-order valence-electron chi connectivity index (χ1n) is 15.1. The van der Waals surface area contributed by atoms with Gasteiger partial charge in [-0.15, -0.1) is 11.3 Å². The Morgan fingerprint density at radius 1 is 0.511 bits per heavy atom. The Morgan fingerprint density at radius 2 is 1.18 bits per heavy atom. The Hall–Kier alpha value is -5.71. The van der Waals surface area contributed by atoms with Crippen LogP contribution in [0.4, 0.5) is 0 Å². The van der Waals surface area contributed by atoms with Crippen LogP contribution in [0.15, 0.2) is 150 Å². The molecular weight excluding hydrogens is 569 g/mol. The molecule has 0 unspecified atom stereocenters. The zero-order chi connectivity index (χ0) is 29.5. The molecule has 3 aromatic heterocycles. The molecule has 3 nitrogen and oxygen atoms in total. The number of hydrogen-bond acceptors (Lipinski definition) is 3. The van der Waals surface area contributed by atoms with E-state index in [2.05, 4.69) is 132 Å². The summed E-state index contributed by atoms with van der Waals surface area (Å²) in [5, 5.41) is 8.38. The second kappa shape index (κ2) is 9.39. The lowest BCUT2D eigenvalue weighted by Gasteiger charge is -2.10. The molecule has 0 aliphatic heterocycles. The van der Waals surface area contributed by atoms with E-state index in [9.17, 15) is 0 Å². The summed E-state index contributed by atoms with van der Waals surface area (Å²) in [5.74, 6) is 0. The molecular formula is C41H24N2OS. The monoisotopic (exact) mass is 592 g/mol. The van der Waals surface area contributed by atoms with E-state index in [1.165, 1.54) is 48.4 Å². The normalized spacial score (nSPS) is 12.0. The summed E-state index contributed by atoms with van der Waals surface area (Å²) in [6.07, 6.45) is 0. The fourth-order valence-corrected chi connectivity index (χ4v) is 7.98. The van der Waals surface area contributed by atoms with Crippen molar-refractivity contribution in [3.05, 3.63) is 146 Å². The van der Waals surface area contributed by atoms with Crippen LogP contribution in [-0.2, 0) is 0 Å². The van der Waals surface area contributed by atoms with E-state index in [4.69, 9.17) is 9.40 Å². The molecule has 0 atom stereocenters. The second-order valence-electron chi connectivity index (χ2n) is 11.6. The van der Waals surface area contributed by atoms with Gasteiger partial charge in [0.2, 0.25) is 0 Å². The molecule has 10 rings (SSSR count). The van der Waals surface area contributed by atoms with Crippen molar-refractivity contribution in [3.8, 4) is 27.4 Å². The van der Waals surface area contributed by atoms with E-state index in [-0.39, 0.29) is 0 Å². The molecule has 7 aromatic carbocycles. The van der Waals surface area contributed by atoms with Gasteiger partial charge in [-0.25, -0.2) is 4.98 Å². The third-order valence-corrected chi connectivity index (χ3v) is 10.2. The number of rotatable bonds is 3. The Balaban J connectivity index is 1.02. The minimum Gasteiger partial charge on any atom is -0.456 e. The van der Waals surface area contributed by atoms with Crippen LogP contribution in [0, 0.1) is 0 Å². The molecule has 0 aliphatic rings. The van der Waals surface area contributed by atoms with Crippen LogP contribution in [0.2, 0.25) is 0 Å². The molecule has 0 amide bonds. The van der Waals surface area contributed by atoms with Gasteiger partial charge < -0.3 is 8.98 Å². The van der Waals surface area contributed by atoms with Gasteiger partial charge >= 0.3 is 0 Å². The summed E-state index contributed by atoms with van der Waals surface area (Å²) >= 11 is 1.73. The molecule has 0 saturated heterocycles. The van der Waals surface area contributed by atoms with Crippen molar-refractivity contribution in [1.82, 2.24) is 9.55 Å². The lowest BCUT2D eigenvalue weighted by atomic mass is 10.0. The lowest BCUT2D eigenvalue weighted by molar-refractivity contribution is 0.669. The minimum atomic E-state index is 0.909. The summed E-state index contributed by atoms with van der Waals surface area (Å²) in [6, 6.07) is 52.0. The molecule has 0 radical (unpaired) electrons. The summed E-state index contributed by atoms with van der Waals surface area (Å²) in [4.78, 5) is 5.00. The van der Waals surface area contributed by atoms with E-state index >= 15 is 0 Å². The van der Waals surface area contributed by atoms with Crippen molar-refractivity contribution < 1.29 is 4.42 Å². The van der Waals surface area contributed by atoms with E-state index in [1.54, 1.807) is 11.3 Å². The quantitative estimate of drug-likeness (QED) is 0.204. The smallest absolute Gasteiger partial charge is 0.137 e. The number of nitrogens with zero attached hydrogens (tertiary/aromatic N) is 2. The Labute approximate surface area is 262 Å². The van der Waals surface area contributed by atoms with Crippen LogP contribution >= 0.6 is 11.3 Å². The predicted molar refractivity (Wildman–Crippen MR) is 190 cm³/mol. The van der Waals surface area contributed by atoms with Crippen molar-refractivity contribution in [3.63, 3.8) is 0 Å². The van der Waals surface area contributed by atoms with Gasteiger partial charge in [0.1, 0.15) is 16.2 Å². The third-order valence-electron chi connectivity index (χ3n) is 9.03. The number of hydrogen-bond donors (Lipinski definition) is 0. The van der Waals surface area contributed by atoms with Gasteiger partial charge in [0.25, 0.3) is 0 Å². The molecule has 3 heterocycles. The predicted octanol–water partition coefficient (Wildman–Crippen LogP) is 11.8. The van der Waals surface area contributed by atoms with Gasteiger partial charge in [-0.3, -0.25) is 0 Å². The van der Waals surface area contributed by atoms with Gasteiger partial charge in [-0.1, -0.05) is 97.1 Å². The summed E-state index contributed by atoms with van der Waals surface area (Å²) < 4.78 is 9.67. The van der Waals surface area contributed by atoms with Crippen molar-refractivity contribution in [2.24, 2.45) is 0 Å². The average molecular weight is 593 g/mol. The average Bonchev–Trinajstić information content (AvgIpc) is 3.79. The van der Waals surface area contributed by atoms with Crippen LogP contribution in [0.5, 0.6) is 0 Å². The minimum absolute atomic E-state index is 0.909. The molecule has 0 aliphatic carbocycles. The fraction of sp³-hybridized carbons (Fsp3) is 0. The van der Waals surface area contributed by atoms with E-state index in [0.29, 0.717) is 0 Å². The van der Waals surface area contributed by atoms with Crippen molar-refractivity contribution in [2.75, 3.05) is 0 Å². The number of para-hydroxylation sites is 2. The first-order valence-corrected chi connectivity index (χ1v) is 15.9. The van der Waals surface area contributed by atoms with Crippen LogP contribution in [0.25, 0.3) is 92.1 Å². The van der Waals surface area contributed by atoms with Crippen LogP contribution in [-0.4, -0.2) is 9.55 Å². The maximum atomic E-state index is 6.11. The Bertz CT molecular complexity index is 2750. The van der Waals surface area contributed by atoms with Crippen LogP contribution in [0.1, 0.15) is 0 Å². The highest BCUT2D eigenvalue weighted by Crippen LogP contribution is 2.40. The van der Waals surface area contributed by atoms with E-state index in [1.807, 2.05) is 18.2 Å². The molecule has 0 saturated carbocycles. The Kier molecular flexibility index (Phi) is 5.16. The standard InChI is InChI=1S/C41H24N2OS/c1-2-8-29-24-36-33(23-28(29)7-1)31-9-3-5-11-35(31)43(36)30-19-17-26(18-20-30)25-13-15-27(16-14-25)41-42-34-21-22-38-39(40(34)45-41)32-10-4-6-12-37(32)44-38/h1-24H. The second-order valence-corrected chi connectivity index (χ2v) is 12.6. The van der Waals surface area contributed by atoms with Crippen molar-refractivity contribution >= 4 is 76.1 Å². The van der Waals surface area contributed by atoms with E-state index < -0.39 is 0 Å². The summed E-state index contributed by atoms with van der Waals surface area (Å²) in [5.41, 5.74) is 9.92. The van der Waals surface area contributed by atoms with Gasteiger partial charge in [0, 0.05) is 32.8 Å². The first-order chi connectivity index (χ1) is 22.3. The van der Waals surface area contributed by atoms with Crippen molar-refractivity contribution in [2.45, 2.75) is 0 Å². The van der Waals surface area contributed by atoms with Crippen LogP contribution in [0.3, 0.4) is 0 Å². The summed E-state index contributed by atoms with van der Waals surface area (Å²) in [6.45, 7) is 0. The molecule has 4 heteroatoms. The van der Waals surface area contributed by atoms with Crippen molar-refractivity contribution in [1.29, 1.82) is 0 Å². The number of thiazole rings is 1. The van der Waals surface area contributed by atoms with Crippen LogP contribution < -0.4 is 0 Å². The molecule has 210 valence electrons. The highest BCUT2D eigenvalue weighted by molar-refractivity contribution is 7.22. The number of aromatic nitrogens is 2. The molecule has 0 fully saturated rings. The molecule has 0 N–H and O–H groups in total. The Morgan fingerprint density at radius 3 is 2.00 bits per heavy atom. The number of fused-ring (bicyclic) bond motifs is 9. The van der Waals surface area contributed by atoms with Gasteiger partial charge in [-0.2, -0.15) is 0 Å². The first kappa shape index (κ1) is 24.7. The van der Waals surface area contributed by atoms with Gasteiger partial charge in [0.15, 0.2) is 0 Å². The highest BCUT2D eigenvalue weighted by Gasteiger charge is 2.16. The fourth-order valence-electron chi connectivity index (χ4n) is 6.86. The number of furan rings is 1.